The van der Waals surface area contributed by atoms with Crippen LogP contribution >= 0.6 is 0 Å². The Morgan fingerprint density at radius 1 is 0.964 bits per heavy atom. The van der Waals surface area contributed by atoms with Crippen LogP contribution in [0.4, 0.5) is 5.69 Å². The summed E-state index contributed by atoms with van der Waals surface area (Å²) >= 11 is 0. The Labute approximate surface area is 162 Å². The monoisotopic (exact) mass is 404 g/mol. The van der Waals surface area contributed by atoms with Gasteiger partial charge in [-0.15, -0.1) is 0 Å². The van der Waals surface area contributed by atoms with E-state index in [-0.39, 0.29) is 28.3 Å². The van der Waals surface area contributed by atoms with Crippen molar-refractivity contribution in [2.75, 3.05) is 24.7 Å². The number of esters is 1. The zero-order valence-electron chi connectivity index (χ0n) is 15.4. The molecule has 0 fully saturated rings. The van der Waals surface area contributed by atoms with Crippen LogP contribution in [0, 0.1) is 0 Å². The smallest absolute Gasteiger partial charge is 0.325 e. The number of anilines is 1. The van der Waals surface area contributed by atoms with E-state index < -0.39 is 27.6 Å². The first kappa shape index (κ1) is 21.1. The molecular weight excluding hydrogens is 384 g/mol. The second kappa shape index (κ2) is 9.14. The van der Waals surface area contributed by atoms with E-state index in [1.54, 1.807) is 19.1 Å². The lowest BCUT2D eigenvalue weighted by Gasteiger charge is -2.09. The van der Waals surface area contributed by atoms with Gasteiger partial charge in [0.15, 0.2) is 9.84 Å². The lowest BCUT2D eigenvalue weighted by molar-refractivity contribution is -0.139. The summed E-state index contributed by atoms with van der Waals surface area (Å²) in [5.41, 5.74) is 0.905. The van der Waals surface area contributed by atoms with Gasteiger partial charge in [0.25, 0.3) is 11.8 Å². The molecule has 2 N–H and O–H groups in total. The Bertz CT molecular complexity index is 984. The van der Waals surface area contributed by atoms with Crippen molar-refractivity contribution >= 4 is 33.3 Å². The van der Waals surface area contributed by atoms with Crippen molar-refractivity contribution in [2.45, 2.75) is 11.8 Å². The molecule has 0 heterocycles. The minimum absolute atomic E-state index is 0.0244. The van der Waals surface area contributed by atoms with Gasteiger partial charge in [0.05, 0.1) is 17.8 Å². The molecule has 0 unspecified atom stereocenters. The minimum Gasteiger partial charge on any atom is -0.468 e. The number of carbonyl (C=O) groups is 3. The zero-order chi connectivity index (χ0) is 20.7. The quantitative estimate of drug-likeness (QED) is 0.677. The van der Waals surface area contributed by atoms with E-state index in [4.69, 9.17) is 0 Å². The SMILES string of the molecule is CCS(=O)(=O)c1ccc(C(=O)Nc2cccc(C(=O)NCC(=O)OC)c2)cc1. The molecule has 0 spiro atoms. The maximum atomic E-state index is 12.4. The molecule has 0 aromatic heterocycles. The van der Waals surface area contributed by atoms with E-state index in [1.165, 1.54) is 43.5 Å². The lowest BCUT2D eigenvalue weighted by atomic mass is 10.1. The van der Waals surface area contributed by atoms with Crippen molar-refractivity contribution in [1.82, 2.24) is 5.32 Å². The molecule has 0 radical (unpaired) electrons. The highest BCUT2D eigenvalue weighted by atomic mass is 32.2. The summed E-state index contributed by atoms with van der Waals surface area (Å²) in [4.78, 5) is 35.6. The van der Waals surface area contributed by atoms with E-state index in [0.29, 0.717) is 5.69 Å². The molecule has 2 aromatic carbocycles. The van der Waals surface area contributed by atoms with Crippen molar-refractivity contribution in [3.63, 3.8) is 0 Å². The highest BCUT2D eigenvalue weighted by Gasteiger charge is 2.14. The van der Waals surface area contributed by atoms with Crippen LogP contribution in [-0.4, -0.2) is 45.6 Å². The third-order valence-electron chi connectivity index (χ3n) is 3.86. The Balaban J connectivity index is 2.08. The largest absolute Gasteiger partial charge is 0.468 e. The second-order valence-corrected chi connectivity index (χ2v) is 8.00. The molecule has 8 nitrogen and oxygen atoms in total. The molecule has 2 aromatic rings. The fourth-order valence-corrected chi connectivity index (χ4v) is 3.13. The zero-order valence-corrected chi connectivity index (χ0v) is 16.2. The van der Waals surface area contributed by atoms with Crippen LogP contribution in [0.15, 0.2) is 53.4 Å². The highest BCUT2D eigenvalue weighted by Crippen LogP contribution is 2.15. The molecule has 148 valence electrons. The van der Waals surface area contributed by atoms with Crippen molar-refractivity contribution in [2.24, 2.45) is 0 Å². The van der Waals surface area contributed by atoms with Gasteiger partial charge in [-0.05, 0) is 42.5 Å². The first-order valence-electron chi connectivity index (χ1n) is 8.36. The van der Waals surface area contributed by atoms with Crippen molar-refractivity contribution in [3.8, 4) is 0 Å². The number of methoxy groups -OCH3 is 1. The van der Waals surface area contributed by atoms with E-state index in [1.807, 2.05) is 0 Å². The summed E-state index contributed by atoms with van der Waals surface area (Å²) in [6, 6.07) is 11.8. The molecule has 0 saturated heterocycles. The summed E-state index contributed by atoms with van der Waals surface area (Å²) < 4.78 is 28.1. The first-order chi connectivity index (χ1) is 13.3. The summed E-state index contributed by atoms with van der Waals surface area (Å²) in [6.45, 7) is 1.28. The lowest BCUT2D eigenvalue weighted by Crippen LogP contribution is -2.30. The number of benzene rings is 2. The van der Waals surface area contributed by atoms with Crippen LogP contribution in [0.2, 0.25) is 0 Å². The number of hydrogen-bond donors (Lipinski definition) is 2. The number of sulfone groups is 1. The van der Waals surface area contributed by atoms with Gasteiger partial charge in [-0.1, -0.05) is 13.0 Å². The van der Waals surface area contributed by atoms with Crippen LogP contribution in [0.25, 0.3) is 0 Å². The predicted molar refractivity (Wildman–Crippen MR) is 103 cm³/mol. The Morgan fingerprint density at radius 2 is 1.64 bits per heavy atom. The molecule has 28 heavy (non-hydrogen) atoms. The second-order valence-electron chi connectivity index (χ2n) is 5.72. The van der Waals surface area contributed by atoms with E-state index in [2.05, 4.69) is 15.4 Å². The average molecular weight is 404 g/mol. The minimum atomic E-state index is -3.34. The summed E-state index contributed by atoms with van der Waals surface area (Å²) in [6.07, 6.45) is 0. The van der Waals surface area contributed by atoms with Gasteiger partial charge < -0.3 is 15.4 Å². The normalized spacial score (nSPS) is 10.8. The predicted octanol–water partition coefficient (Wildman–Crippen LogP) is 1.64. The number of hydrogen-bond acceptors (Lipinski definition) is 6. The number of nitrogens with one attached hydrogen (secondary N) is 2. The number of carbonyl (C=O) groups excluding carboxylic acids is 3. The van der Waals surface area contributed by atoms with Gasteiger partial charge in [0.1, 0.15) is 6.54 Å². The molecule has 2 rings (SSSR count). The molecule has 0 saturated carbocycles. The fraction of sp³-hybridized carbons (Fsp3) is 0.211. The highest BCUT2D eigenvalue weighted by molar-refractivity contribution is 7.91. The molecule has 0 atom stereocenters. The summed E-state index contributed by atoms with van der Waals surface area (Å²) in [7, 11) is -2.12. The molecule has 2 amide bonds. The van der Waals surface area contributed by atoms with Gasteiger partial charge in [0, 0.05) is 16.8 Å². The van der Waals surface area contributed by atoms with Crippen LogP contribution in [-0.2, 0) is 19.4 Å². The van der Waals surface area contributed by atoms with Crippen LogP contribution < -0.4 is 10.6 Å². The molecule has 0 aliphatic heterocycles. The van der Waals surface area contributed by atoms with Gasteiger partial charge in [-0.25, -0.2) is 8.42 Å². The van der Waals surface area contributed by atoms with E-state index >= 15 is 0 Å². The fourth-order valence-electron chi connectivity index (χ4n) is 2.25. The van der Waals surface area contributed by atoms with Gasteiger partial charge >= 0.3 is 5.97 Å². The van der Waals surface area contributed by atoms with Crippen molar-refractivity contribution in [3.05, 3.63) is 59.7 Å². The summed E-state index contributed by atoms with van der Waals surface area (Å²) in [5, 5.41) is 5.05. The average Bonchev–Trinajstić information content (AvgIpc) is 2.71. The molecule has 0 aliphatic carbocycles. The van der Waals surface area contributed by atoms with Gasteiger partial charge in [-0.3, -0.25) is 14.4 Å². The third-order valence-corrected chi connectivity index (χ3v) is 5.61. The van der Waals surface area contributed by atoms with E-state index in [0.717, 1.165) is 0 Å². The van der Waals surface area contributed by atoms with Crippen molar-refractivity contribution < 1.29 is 27.5 Å². The third kappa shape index (κ3) is 5.40. The molecule has 0 bridgehead atoms. The maximum Gasteiger partial charge on any atom is 0.325 e. The number of rotatable bonds is 7. The van der Waals surface area contributed by atoms with Gasteiger partial charge in [-0.2, -0.15) is 0 Å². The number of amides is 2. The maximum absolute atomic E-state index is 12.4. The number of ether oxygens (including phenoxy) is 1. The van der Waals surface area contributed by atoms with Crippen LogP contribution in [0.1, 0.15) is 27.6 Å². The van der Waals surface area contributed by atoms with Crippen LogP contribution in [0.5, 0.6) is 0 Å². The topological polar surface area (TPSA) is 119 Å². The Morgan fingerprint density at radius 3 is 2.25 bits per heavy atom. The Hall–Kier alpha value is -3.20. The molecule has 0 aliphatic rings. The van der Waals surface area contributed by atoms with Crippen LogP contribution in [0.3, 0.4) is 0 Å². The summed E-state index contributed by atoms with van der Waals surface area (Å²) in [5.74, 6) is -1.54. The first-order valence-corrected chi connectivity index (χ1v) is 10.0. The Kier molecular flexibility index (Phi) is 6.89. The van der Waals surface area contributed by atoms with Crippen molar-refractivity contribution in [1.29, 1.82) is 0 Å². The molecule has 9 heteroatoms. The van der Waals surface area contributed by atoms with Gasteiger partial charge in [0.2, 0.25) is 0 Å². The van der Waals surface area contributed by atoms with E-state index in [9.17, 15) is 22.8 Å². The molecular formula is C19H20N2O6S. The standard InChI is InChI=1S/C19H20N2O6S/c1-3-28(25,26)16-9-7-13(8-10-16)19(24)21-15-6-4-5-14(11-15)18(23)20-12-17(22)27-2/h4-11H,3,12H2,1-2H3,(H,20,23)(H,21,24).